The molecule has 8 heteroatoms. The molecule has 28 heavy (non-hydrogen) atoms. The summed E-state index contributed by atoms with van der Waals surface area (Å²) in [6.45, 7) is 0. The topological polar surface area (TPSA) is 100 Å². The van der Waals surface area contributed by atoms with Gasteiger partial charge in [-0.3, -0.25) is 9.59 Å². The molecular weight excluding hydrogens is 382 g/mol. The average molecular weight is 398 g/mol. The molecule has 0 bridgehead atoms. The fraction of sp³-hybridized carbons (Fsp3) is 0.0500. The van der Waals surface area contributed by atoms with Gasteiger partial charge in [0, 0.05) is 11.3 Å². The van der Waals surface area contributed by atoms with Crippen molar-refractivity contribution < 1.29 is 19.4 Å². The summed E-state index contributed by atoms with van der Waals surface area (Å²) in [6.07, 6.45) is 1.28. The molecule has 142 valence electrons. The van der Waals surface area contributed by atoms with Crippen LogP contribution in [0.4, 0.5) is 5.69 Å². The second-order valence-corrected chi connectivity index (χ2v) is 6.13. The molecule has 0 unspecified atom stereocenters. The van der Waals surface area contributed by atoms with Gasteiger partial charge in [-0.1, -0.05) is 41.9 Å². The number of phenols is 1. The van der Waals surface area contributed by atoms with E-state index in [-0.39, 0.29) is 5.75 Å². The minimum absolute atomic E-state index is 0.00836. The van der Waals surface area contributed by atoms with E-state index in [1.807, 2.05) is 24.3 Å². The van der Waals surface area contributed by atoms with Crippen molar-refractivity contribution in [1.29, 1.82) is 0 Å². The zero-order chi connectivity index (χ0) is 20.1. The van der Waals surface area contributed by atoms with Crippen LogP contribution in [0, 0.1) is 0 Å². The number of phenolic OH excluding ortho intramolecular Hbond substituents is 1. The smallest absolute Gasteiger partial charge is 0.329 e. The Labute approximate surface area is 165 Å². The summed E-state index contributed by atoms with van der Waals surface area (Å²) in [5.74, 6) is -1.43. The number of carbonyl (C=O) groups is 2. The van der Waals surface area contributed by atoms with Gasteiger partial charge in [0.2, 0.25) is 0 Å². The van der Waals surface area contributed by atoms with Gasteiger partial charge in [0.1, 0.15) is 11.5 Å². The van der Waals surface area contributed by atoms with Gasteiger partial charge in [0.25, 0.3) is 0 Å². The molecule has 0 aliphatic carbocycles. The molecule has 3 rings (SSSR count). The molecule has 0 atom stereocenters. The number of carbonyl (C=O) groups excluding carboxylic acids is 2. The van der Waals surface area contributed by atoms with Crippen molar-refractivity contribution in [2.75, 3.05) is 12.4 Å². The first-order chi connectivity index (χ1) is 13.5. The first-order valence-corrected chi connectivity index (χ1v) is 8.56. The summed E-state index contributed by atoms with van der Waals surface area (Å²) in [4.78, 5) is 23.9. The van der Waals surface area contributed by atoms with E-state index < -0.39 is 11.8 Å². The van der Waals surface area contributed by atoms with E-state index in [9.17, 15) is 14.7 Å². The normalized spacial score (nSPS) is 10.8. The number of hydrogen-bond donors (Lipinski definition) is 3. The minimum atomic E-state index is -0.970. The lowest BCUT2D eigenvalue weighted by atomic mass is 10.0. The fourth-order valence-corrected chi connectivity index (χ4v) is 2.82. The Hall–Kier alpha value is -3.58. The van der Waals surface area contributed by atoms with Crippen molar-refractivity contribution >= 4 is 46.1 Å². The van der Waals surface area contributed by atoms with E-state index in [4.69, 9.17) is 16.3 Å². The zero-order valence-electron chi connectivity index (χ0n) is 14.8. The van der Waals surface area contributed by atoms with Crippen molar-refractivity contribution in [1.82, 2.24) is 5.43 Å². The molecule has 0 fully saturated rings. The van der Waals surface area contributed by atoms with Crippen LogP contribution in [0.5, 0.6) is 11.5 Å². The van der Waals surface area contributed by atoms with Crippen LogP contribution in [0.1, 0.15) is 5.56 Å². The summed E-state index contributed by atoms with van der Waals surface area (Å²) < 4.78 is 5.02. The highest BCUT2D eigenvalue weighted by Gasteiger charge is 2.14. The standard InChI is InChI=1S/C20H16ClN3O4/c1-28-18-9-7-13(10-16(18)21)23-19(26)20(27)24-22-11-15-14-5-3-2-4-12(14)6-8-17(15)25/h2-11,25H,1H3,(H,23,26)(H,24,27)/b22-11-. The first kappa shape index (κ1) is 19.2. The number of halogens is 1. The van der Waals surface area contributed by atoms with E-state index in [2.05, 4.69) is 15.8 Å². The second kappa shape index (κ2) is 8.41. The van der Waals surface area contributed by atoms with Gasteiger partial charge in [-0.05, 0) is 35.0 Å². The molecular formula is C20H16ClN3O4. The maximum atomic E-state index is 12.0. The molecule has 0 aliphatic rings. The predicted molar refractivity (Wildman–Crippen MR) is 108 cm³/mol. The van der Waals surface area contributed by atoms with E-state index >= 15 is 0 Å². The van der Waals surface area contributed by atoms with Crippen LogP contribution in [-0.2, 0) is 9.59 Å². The summed E-state index contributed by atoms with van der Waals surface area (Å²) in [5.41, 5.74) is 2.90. The van der Waals surface area contributed by atoms with Crippen LogP contribution in [0.2, 0.25) is 5.02 Å². The van der Waals surface area contributed by atoms with Gasteiger partial charge in [0.05, 0.1) is 18.3 Å². The fourth-order valence-electron chi connectivity index (χ4n) is 2.56. The highest BCUT2D eigenvalue weighted by molar-refractivity contribution is 6.40. The number of amides is 2. The largest absolute Gasteiger partial charge is 0.507 e. The third-order valence-electron chi connectivity index (χ3n) is 3.92. The number of benzene rings is 3. The molecule has 3 aromatic rings. The van der Waals surface area contributed by atoms with E-state index in [0.29, 0.717) is 22.0 Å². The Kier molecular flexibility index (Phi) is 5.76. The third kappa shape index (κ3) is 4.21. The van der Waals surface area contributed by atoms with Gasteiger partial charge in [-0.25, -0.2) is 5.43 Å². The summed E-state index contributed by atoms with van der Waals surface area (Å²) in [6, 6.07) is 15.3. The maximum absolute atomic E-state index is 12.0. The van der Waals surface area contributed by atoms with Gasteiger partial charge in [0.15, 0.2) is 0 Å². The number of hydrogen-bond acceptors (Lipinski definition) is 5. The molecule has 3 aromatic carbocycles. The number of anilines is 1. The van der Waals surface area contributed by atoms with E-state index in [1.165, 1.54) is 25.5 Å². The monoisotopic (exact) mass is 397 g/mol. The number of nitrogens with zero attached hydrogens (tertiary/aromatic N) is 1. The van der Waals surface area contributed by atoms with Crippen molar-refractivity contribution in [3.8, 4) is 11.5 Å². The number of nitrogens with one attached hydrogen (secondary N) is 2. The van der Waals surface area contributed by atoms with Crippen LogP contribution in [0.3, 0.4) is 0 Å². The number of rotatable bonds is 4. The van der Waals surface area contributed by atoms with Gasteiger partial charge in [-0.2, -0.15) is 5.10 Å². The Morgan fingerprint density at radius 2 is 1.89 bits per heavy atom. The SMILES string of the molecule is COc1ccc(NC(=O)C(=O)N/N=C\c2c(O)ccc3ccccc23)cc1Cl. The molecule has 0 spiro atoms. The molecule has 7 nitrogen and oxygen atoms in total. The van der Waals surface area contributed by atoms with Gasteiger partial charge in [-0.15, -0.1) is 0 Å². The van der Waals surface area contributed by atoms with Crippen molar-refractivity contribution in [3.63, 3.8) is 0 Å². The number of aromatic hydroxyl groups is 1. The van der Waals surface area contributed by atoms with Crippen LogP contribution >= 0.6 is 11.6 Å². The predicted octanol–water partition coefficient (Wildman–Crippen LogP) is 3.30. The van der Waals surface area contributed by atoms with Crippen molar-refractivity contribution in [3.05, 3.63) is 65.2 Å². The Morgan fingerprint density at radius 1 is 1.11 bits per heavy atom. The van der Waals surface area contributed by atoms with Gasteiger partial charge < -0.3 is 15.2 Å². The van der Waals surface area contributed by atoms with Crippen LogP contribution < -0.4 is 15.5 Å². The Balaban J connectivity index is 1.68. The van der Waals surface area contributed by atoms with E-state index in [0.717, 1.165) is 10.8 Å². The molecule has 0 aromatic heterocycles. The lowest BCUT2D eigenvalue weighted by molar-refractivity contribution is -0.136. The lowest BCUT2D eigenvalue weighted by Gasteiger charge is -2.07. The second-order valence-electron chi connectivity index (χ2n) is 5.72. The lowest BCUT2D eigenvalue weighted by Crippen LogP contribution is -2.32. The molecule has 2 amide bonds. The highest BCUT2D eigenvalue weighted by Crippen LogP contribution is 2.27. The van der Waals surface area contributed by atoms with Crippen LogP contribution in [0.25, 0.3) is 10.8 Å². The molecule has 0 saturated heterocycles. The third-order valence-corrected chi connectivity index (χ3v) is 4.22. The molecule has 0 radical (unpaired) electrons. The number of hydrazone groups is 1. The van der Waals surface area contributed by atoms with Crippen LogP contribution in [-0.4, -0.2) is 30.2 Å². The van der Waals surface area contributed by atoms with Crippen molar-refractivity contribution in [2.45, 2.75) is 0 Å². The molecule has 0 heterocycles. The Bertz CT molecular complexity index is 1080. The highest BCUT2D eigenvalue weighted by atomic mass is 35.5. The van der Waals surface area contributed by atoms with Gasteiger partial charge >= 0.3 is 11.8 Å². The number of ether oxygens (including phenoxy) is 1. The summed E-state index contributed by atoms with van der Waals surface area (Å²) in [5, 5.41) is 18.2. The number of methoxy groups -OCH3 is 1. The maximum Gasteiger partial charge on any atom is 0.329 e. The molecule has 3 N–H and O–H groups in total. The summed E-state index contributed by atoms with van der Waals surface area (Å²) in [7, 11) is 1.47. The first-order valence-electron chi connectivity index (χ1n) is 8.18. The average Bonchev–Trinajstić information content (AvgIpc) is 2.69. The zero-order valence-corrected chi connectivity index (χ0v) is 15.5. The van der Waals surface area contributed by atoms with Crippen molar-refractivity contribution in [2.24, 2.45) is 5.10 Å². The minimum Gasteiger partial charge on any atom is -0.507 e. The van der Waals surface area contributed by atoms with E-state index in [1.54, 1.807) is 18.2 Å². The number of fused-ring (bicyclic) bond motifs is 1. The quantitative estimate of drug-likeness (QED) is 0.357. The summed E-state index contributed by atoms with van der Waals surface area (Å²) >= 11 is 5.98. The molecule has 0 aliphatic heterocycles. The molecule has 0 saturated carbocycles. The van der Waals surface area contributed by atoms with Crippen LogP contribution in [0.15, 0.2) is 59.7 Å². The Morgan fingerprint density at radius 3 is 2.64 bits per heavy atom.